The third-order valence-corrected chi connectivity index (χ3v) is 3.72. The molecule has 1 aromatic heterocycles. The highest BCUT2D eigenvalue weighted by Gasteiger charge is 2.36. The molecule has 2 rings (SSSR count). The molecule has 0 fully saturated rings. The second kappa shape index (κ2) is 5.35. The monoisotopic (exact) mass is 305 g/mol. The third kappa shape index (κ3) is 3.24. The zero-order valence-electron chi connectivity index (χ0n) is 10.7. The summed E-state index contributed by atoms with van der Waals surface area (Å²) in [5, 5.41) is 5.76. The minimum absolute atomic E-state index is 0.137. The molecule has 2 aromatic rings. The summed E-state index contributed by atoms with van der Waals surface area (Å²) in [6.07, 6.45) is -4.49. The maximum absolute atomic E-state index is 13.4. The standard InChI is InChI=1S/C12H11F4N3S/c1-7-3-4-8(5-9(7)13)6-19(2)11-18-17-10(20-11)12(14,15)16/h3-5H,6H2,1-2H3. The molecule has 108 valence electrons. The van der Waals surface area contributed by atoms with Crippen molar-refractivity contribution in [3.63, 3.8) is 0 Å². The predicted molar refractivity (Wildman–Crippen MR) is 68.2 cm³/mol. The summed E-state index contributed by atoms with van der Waals surface area (Å²) in [7, 11) is 1.58. The number of benzene rings is 1. The van der Waals surface area contributed by atoms with E-state index < -0.39 is 11.2 Å². The Bertz CT molecular complexity index is 609. The Labute approximate surface area is 116 Å². The van der Waals surface area contributed by atoms with Crippen molar-refractivity contribution in [2.24, 2.45) is 0 Å². The van der Waals surface area contributed by atoms with Crippen LogP contribution in [0.5, 0.6) is 0 Å². The molecule has 8 heteroatoms. The highest BCUT2D eigenvalue weighted by atomic mass is 32.1. The van der Waals surface area contributed by atoms with Crippen molar-refractivity contribution in [3.8, 4) is 0 Å². The van der Waals surface area contributed by atoms with Crippen LogP contribution in [0.2, 0.25) is 0 Å². The zero-order chi connectivity index (χ0) is 14.9. The van der Waals surface area contributed by atoms with E-state index in [9.17, 15) is 17.6 Å². The van der Waals surface area contributed by atoms with Gasteiger partial charge in [-0.2, -0.15) is 13.2 Å². The third-order valence-electron chi connectivity index (χ3n) is 2.64. The Morgan fingerprint density at radius 2 is 1.95 bits per heavy atom. The van der Waals surface area contributed by atoms with Gasteiger partial charge in [-0.15, -0.1) is 10.2 Å². The number of halogens is 4. The van der Waals surface area contributed by atoms with E-state index in [1.165, 1.54) is 11.0 Å². The maximum Gasteiger partial charge on any atom is 0.445 e. The molecule has 0 spiro atoms. The Balaban J connectivity index is 2.13. The number of anilines is 1. The first-order chi connectivity index (χ1) is 9.27. The minimum Gasteiger partial charge on any atom is -0.345 e. The normalized spacial score (nSPS) is 11.7. The van der Waals surface area contributed by atoms with E-state index in [0.717, 1.165) is 0 Å². The van der Waals surface area contributed by atoms with Gasteiger partial charge in [0.05, 0.1) is 0 Å². The average molecular weight is 305 g/mol. The fourth-order valence-corrected chi connectivity index (χ4v) is 2.23. The van der Waals surface area contributed by atoms with E-state index in [1.54, 1.807) is 26.1 Å². The fourth-order valence-electron chi connectivity index (χ4n) is 1.56. The molecule has 1 heterocycles. The maximum atomic E-state index is 13.4. The summed E-state index contributed by atoms with van der Waals surface area (Å²) in [5.74, 6) is -0.343. The molecule has 0 aliphatic heterocycles. The fraction of sp³-hybridized carbons (Fsp3) is 0.333. The van der Waals surface area contributed by atoms with Crippen LogP contribution < -0.4 is 4.90 Å². The van der Waals surface area contributed by atoms with E-state index in [2.05, 4.69) is 10.2 Å². The van der Waals surface area contributed by atoms with Gasteiger partial charge in [0.1, 0.15) is 5.82 Å². The topological polar surface area (TPSA) is 29.0 Å². The Morgan fingerprint density at radius 1 is 1.25 bits per heavy atom. The van der Waals surface area contributed by atoms with E-state index in [0.29, 0.717) is 22.5 Å². The SMILES string of the molecule is Cc1ccc(CN(C)c2nnc(C(F)(F)F)s2)cc1F. The van der Waals surface area contributed by atoms with Crippen LogP contribution in [0.25, 0.3) is 0 Å². The number of hydrogen-bond acceptors (Lipinski definition) is 4. The molecule has 0 saturated carbocycles. The molecule has 0 atom stereocenters. The lowest BCUT2D eigenvalue weighted by molar-refractivity contribution is -0.138. The summed E-state index contributed by atoms with van der Waals surface area (Å²) in [6, 6.07) is 4.71. The van der Waals surface area contributed by atoms with Crippen LogP contribution in [0, 0.1) is 12.7 Å². The van der Waals surface area contributed by atoms with Gasteiger partial charge in [-0.25, -0.2) is 4.39 Å². The van der Waals surface area contributed by atoms with Gasteiger partial charge in [-0.05, 0) is 24.1 Å². The second-order valence-electron chi connectivity index (χ2n) is 4.33. The van der Waals surface area contributed by atoms with Gasteiger partial charge >= 0.3 is 6.18 Å². The smallest absolute Gasteiger partial charge is 0.345 e. The van der Waals surface area contributed by atoms with Crippen LogP contribution >= 0.6 is 11.3 Å². The lowest BCUT2D eigenvalue weighted by atomic mass is 10.1. The number of nitrogens with zero attached hydrogens (tertiary/aromatic N) is 3. The van der Waals surface area contributed by atoms with Crippen molar-refractivity contribution in [1.82, 2.24) is 10.2 Å². The molecule has 0 amide bonds. The molecule has 3 nitrogen and oxygen atoms in total. The van der Waals surface area contributed by atoms with Crippen LogP contribution in [0.4, 0.5) is 22.7 Å². The van der Waals surface area contributed by atoms with Gasteiger partial charge in [0, 0.05) is 13.6 Å². The van der Waals surface area contributed by atoms with Crippen molar-refractivity contribution >= 4 is 16.5 Å². The summed E-state index contributed by atoms with van der Waals surface area (Å²) >= 11 is 0.459. The molecule has 0 unspecified atom stereocenters. The molecule has 0 bridgehead atoms. The molecular formula is C12H11F4N3S. The molecule has 1 aromatic carbocycles. The molecule has 0 aliphatic carbocycles. The van der Waals surface area contributed by atoms with Crippen molar-refractivity contribution in [2.75, 3.05) is 11.9 Å². The molecule has 0 radical (unpaired) electrons. The molecule has 0 N–H and O–H groups in total. The first kappa shape index (κ1) is 14.7. The highest BCUT2D eigenvalue weighted by Crippen LogP contribution is 2.34. The number of hydrogen-bond donors (Lipinski definition) is 0. The number of aryl methyl sites for hydroxylation is 1. The Morgan fingerprint density at radius 3 is 2.50 bits per heavy atom. The van der Waals surface area contributed by atoms with Gasteiger partial charge < -0.3 is 4.90 Å². The van der Waals surface area contributed by atoms with Crippen molar-refractivity contribution in [2.45, 2.75) is 19.6 Å². The quantitative estimate of drug-likeness (QED) is 0.811. The van der Waals surface area contributed by atoms with Crippen LogP contribution in [0.3, 0.4) is 0 Å². The Hall–Kier alpha value is -1.70. The zero-order valence-corrected chi connectivity index (χ0v) is 11.5. The van der Waals surface area contributed by atoms with Crippen molar-refractivity contribution in [3.05, 3.63) is 40.2 Å². The van der Waals surface area contributed by atoms with E-state index in [4.69, 9.17) is 0 Å². The van der Waals surface area contributed by atoms with Crippen LogP contribution in [-0.4, -0.2) is 17.2 Å². The van der Waals surface area contributed by atoms with Gasteiger partial charge in [-0.3, -0.25) is 0 Å². The largest absolute Gasteiger partial charge is 0.445 e. The first-order valence-electron chi connectivity index (χ1n) is 5.64. The summed E-state index contributed by atoms with van der Waals surface area (Å²) in [4.78, 5) is 1.50. The van der Waals surface area contributed by atoms with Crippen LogP contribution in [0.1, 0.15) is 16.1 Å². The van der Waals surface area contributed by atoms with Crippen LogP contribution in [0.15, 0.2) is 18.2 Å². The van der Waals surface area contributed by atoms with Gasteiger partial charge in [-0.1, -0.05) is 23.5 Å². The summed E-state index contributed by atoms with van der Waals surface area (Å²) in [5.41, 5.74) is 1.17. The molecule has 0 aliphatic rings. The number of aromatic nitrogens is 2. The molecular weight excluding hydrogens is 294 g/mol. The van der Waals surface area contributed by atoms with E-state index in [-0.39, 0.29) is 17.5 Å². The second-order valence-corrected chi connectivity index (χ2v) is 5.28. The van der Waals surface area contributed by atoms with Crippen LogP contribution in [-0.2, 0) is 12.7 Å². The minimum atomic E-state index is -4.49. The predicted octanol–water partition coefficient (Wildman–Crippen LogP) is 3.64. The highest BCUT2D eigenvalue weighted by molar-refractivity contribution is 7.15. The van der Waals surface area contributed by atoms with E-state index >= 15 is 0 Å². The van der Waals surface area contributed by atoms with Gasteiger partial charge in [0.15, 0.2) is 0 Å². The summed E-state index contributed by atoms with van der Waals surface area (Å²) < 4.78 is 50.7. The Kier molecular flexibility index (Phi) is 3.94. The molecule has 0 saturated heterocycles. The van der Waals surface area contributed by atoms with Gasteiger partial charge in [0.2, 0.25) is 10.1 Å². The molecule has 20 heavy (non-hydrogen) atoms. The van der Waals surface area contributed by atoms with Crippen molar-refractivity contribution < 1.29 is 17.6 Å². The lowest BCUT2D eigenvalue weighted by Crippen LogP contribution is -2.16. The summed E-state index contributed by atoms with van der Waals surface area (Å²) in [6.45, 7) is 1.90. The average Bonchev–Trinajstić information content (AvgIpc) is 2.83. The number of rotatable bonds is 3. The lowest BCUT2D eigenvalue weighted by Gasteiger charge is -2.15. The number of alkyl halides is 3. The van der Waals surface area contributed by atoms with Crippen molar-refractivity contribution in [1.29, 1.82) is 0 Å². The first-order valence-corrected chi connectivity index (χ1v) is 6.46. The van der Waals surface area contributed by atoms with E-state index in [1.807, 2.05) is 0 Å². The van der Waals surface area contributed by atoms with Gasteiger partial charge in [0.25, 0.3) is 0 Å².